The SMILES string of the molecule is COc1ccc(NC(=O)c2cccc(NC(N)=O)c2)cc1S(=O)(=O)N(C)C. The first-order chi connectivity index (χ1) is 12.6. The van der Waals surface area contributed by atoms with Gasteiger partial charge >= 0.3 is 6.03 Å². The molecule has 0 aliphatic heterocycles. The molecule has 2 aromatic carbocycles. The lowest BCUT2D eigenvalue weighted by Crippen LogP contribution is -2.23. The van der Waals surface area contributed by atoms with E-state index in [0.29, 0.717) is 5.69 Å². The fraction of sp³-hybridized carbons (Fsp3) is 0.176. The molecule has 2 rings (SSSR count). The van der Waals surface area contributed by atoms with Crippen LogP contribution in [0.3, 0.4) is 0 Å². The summed E-state index contributed by atoms with van der Waals surface area (Å²) in [4.78, 5) is 23.3. The average molecular weight is 392 g/mol. The molecule has 0 saturated heterocycles. The summed E-state index contributed by atoms with van der Waals surface area (Å²) in [6.07, 6.45) is 0. The monoisotopic (exact) mass is 392 g/mol. The molecule has 0 atom stereocenters. The number of hydrogen-bond acceptors (Lipinski definition) is 5. The van der Waals surface area contributed by atoms with Crippen molar-refractivity contribution in [2.45, 2.75) is 4.90 Å². The molecule has 0 saturated carbocycles. The van der Waals surface area contributed by atoms with Crippen LogP contribution in [0.15, 0.2) is 47.4 Å². The maximum absolute atomic E-state index is 12.5. The second-order valence-corrected chi connectivity index (χ2v) is 7.80. The number of ether oxygens (including phenoxy) is 1. The van der Waals surface area contributed by atoms with E-state index in [9.17, 15) is 18.0 Å². The van der Waals surface area contributed by atoms with E-state index in [4.69, 9.17) is 10.5 Å². The Morgan fingerprint density at radius 1 is 1.04 bits per heavy atom. The molecule has 3 amide bonds. The van der Waals surface area contributed by atoms with Gasteiger partial charge in [-0.15, -0.1) is 0 Å². The molecule has 9 nitrogen and oxygen atoms in total. The summed E-state index contributed by atoms with van der Waals surface area (Å²) >= 11 is 0. The number of carbonyl (C=O) groups is 2. The molecule has 4 N–H and O–H groups in total. The van der Waals surface area contributed by atoms with Crippen LogP contribution >= 0.6 is 0 Å². The van der Waals surface area contributed by atoms with Gasteiger partial charge in [0, 0.05) is 31.0 Å². The normalized spacial score (nSPS) is 11.1. The van der Waals surface area contributed by atoms with E-state index in [-0.39, 0.29) is 21.9 Å². The Hall–Kier alpha value is -3.11. The molecular formula is C17H20N4O5S. The zero-order chi connectivity index (χ0) is 20.2. The minimum atomic E-state index is -3.77. The van der Waals surface area contributed by atoms with E-state index in [1.807, 2.05) is 0 Å². The summed E-state index contributed by atoms with van der Waals surface area (Å²) < 4.78 is 31.1. The van der Waals surface area contributed by atoms with E-state index in [2.05, 4.69) is 10.6 Å². The Morgan fingerprint density at radius 3 is 2.30 bits per heavy atom. The molecule has 0 radical (unpaired) electrons. The molecule has 0 bridgehead atoms. The molecule has 0 heterocycles. The van der Waals surface area contributed by atoms with E-state index >= 15 is 0 Å². The molecule has 2 aromatic rings. The first-order valence-electron chi connectivity index (χ1n) is 7.73. The first kappa shape index (κ1) is 20.2. The third-order valence-corrected chi connectivity index (χ3v) is 5.41. The van der Waals surface area contributed by atoms with Crippen molar-refractivity contribution in [2.75, 3.05) is 31.8 Å². The number of carbonyl (C=O) groups excluding carboxylic acids is 2. The van der Waals surface area contributed by atoms with E-state index in [0.717, 1.165) is 4.31 Å². The van der Waals surface area contributed by atoms with Crippen LogP contribution in [-0.4, -0.2) is 45.9 Å². The van der Waals surface area contributed by atoms with Crippen LogP contribution in [-0.2, 0) is 10.0 Å². The van der Waals surface area contributed by atoms with Gasteiger partial charge < -0.3 is 21.1 Å². The smallest absolute Gasteiger partial charge is 0.316 e. The van der Waals surface area contributed by atoms with Crippen molar-refractivity contribution in [3.05, 3.63) is 48.0 Å². The standard InChI is InChI=1S/C17H20N4O5S/c1-21(2)27(24,25)15-10-13(7-8-14(15)26-3)19-16(22)11-5-4-6-12(9-11)20-17(18)23/h4-10H,1-3H3,(H,19,22)(H3,18,20,23). The van der Waals surface area contributed by atoms with Gasteiger partial charge in [-0.25, -0.2) is 17.5 Å². The van der Waals surface area contributed by atoms with Crippen LogP contribution in [0, 0.1) is 0 Å². The van der Waals surface area contributed by atoms with Gasteiger partial charge in [-0.3, -0.25) is 4.79 Å². The lowest BCUT2D eigenvalue weighted by Gasteiger charge is -2.16. The highest BCUT2D eigenvalue weighted by atomic mass is 32.2. The Morgan fingerprint density at radius 2 is 1.70 bits per heavy atom. The number of primary amides is 1. The topological polar surface area (TPSA) is 131 Å². The van der Waals surface area contributed by atoms with Gasteiger partial charge in [-0.1, -0.05) is 6.07 Å². The van der Waals surface area contributed by atoms with Gasteiger partial charge in [0.25, 0.3) is 5.91 Å². The quantitative estimate of drug-likeness (QED) is 0.688. The van der Waals surface area contributed by atoms with Crippen LogP contribution < -0.4 is 21.1 Å². The van der Waals surface area contributed by atoms with Gasteiger partial charge in [0.1, 0.15) is 10.6 Å². The highest BCUT2D eigenvalue weighted by Gasteiger charge is 2.23. The van der Waals surface area contributed by atoms with Crippen LogP contribution in [0.4, 0.5) is 16.2 Å². The van der Waals surface area contributed by atoms with Crippen molar-refractivity contribution < 1.29 is 22.7 Å². The zero-order valence-corrected chi connectivity index (χ0v) is 15.8. The Labute approximate surface area is 157 Å². The molecule has 0 aliphatic rings. The number of sulfonamides is 1. The Bertz CT molecular complexity index is 973. The largest absolute Gasteiger partial charge is 0.495 e. The summed E-state index contributed by atoms with van der Waals surface area (Å²) in [5.74, 6) is -0.323. The van der Waals surface area contributed by atoms with Crippen molar-refractivity contribution in [2.24, 2.45) is 5.73 Å². The molecule has 0 aliphatic carbocycles. The number of amides is 3. The predicted molar refractivity (Wildman–Crippen MR) is 101 cm³/mol. The fourth-order valence-corrected chi connectivity index (χ4v) is 3.31. The summed E-state index contributed by atoms with van der Waals surface area (Å²) in [5.41, 5.74) is 5.95. The highest BCUT2D eigenvalue weighted by molar-refractivity contribution is 7.89. The van der Waals surface area contributed by atoms with Crippen molar-refractivity contribution >= 4 is 33.3 Å². The highest BCUT2D eigenvalue weighted by Crippen LogP contribution is 2.29. The molecular weight excluding hydrogens is 372 g/mol. The zero-order valence-electron chi connectivity index (χ0n) is 15.0. The number of nitrogens with one attached hydrogen (secondary N) is 2. The molecule has 0 spiro atoms. The number of nitrogens with two attached hydrogens (primary N) is 1. The number of methoxy groups -OCH3 is 1. The predicted octanol–water partition coefficient (Wildman–Crippen LogP) is 1.69. The molecule has 144 valence electrons. The Kier molecular flexibility index (Phi) is 6.03. The third kappa shape index (κ3) is 4.74. The van der Waals surface area contributed by atoms with E-state index in [1.54, 1.807) is 18.2 Å². The van der Waals surface area contributed by atoms with Gasteiger partial charge in [0.15, 0.2) is 0 Å². The van der Waals surface area contributed by atoms with E-state index < -0.39 is 22.0 Å². The van der Waals surface area contributed by atoms with Gasteiger partial charge in [-0.2, -0.15) is 0 Å². The average Bonchev–Trinajstić information content (AvgIpc) is 2.61. The lowest BCUT2D eigenvalue weighted by molar-refractivity contribution is 0.102. The fourth-order valence-electron chi connectivity index (χ4n) is 2.24. The van der Waals surface area contributed by atoms with Gasteiger partial charge in [-0.05, 0) is 36.4 Å². The van der Waals surface area contributed by atoms with Crippen LogP contribution in [0.25, 0.3) is 0 Å². The molecule has 27 heavy (non-hydrogen) atoms. The van der Waals surface area contributed by atoms with Gasteiger partial charge in [0.2, 0.25) is 10.0 Å². The number of urea groups is 1. The maximum Gasteiger partial charge on any atom is 0.316 e. The second-order valence-electron chi connectivity index (χ2n) is 5.68. The van der Waals surface area contributed by atoms with Gasteiger partial charge in [0.05, 0.1) is 7.11 Å². The molecule has 0 fully saturated rings. The minimum Gasteiger partial charge on any atom is -0.495 e. The summed E-state index contributed by atoms with van der Waals surface area (Å²) in [6, 6.07) is 9.70. The number of nitrogens with zero attached hydrogens (tertiary/aromatic N) is 1. The van der Waals surface area contributed by atoms with Crippen molar-refractivity contribution in [3.8, 4) is 5.75 Å². The first-order valence-corrected chi connectivity index (χ1v) is 9.17. The van der Waals surface area contributed by atoms with Crippen molar-refractivity contribution in [3.63, 3.8) is 0 Å². The van der Waals surface area contributed by atoms with Crippen molar-refractivity contribution in [1.82, 2.24) is 4.31 Å². The van der Waals surface area contributed by atoms with E-state index in [1.165, 1.54) is 45.5 Å². The summed E-state index contributed by atoms with van der Waals surface area (Å²) in [6.45, 7) is 0. The summed E-state index contributed by atoms with van der Waals surface area (Å²) in [7, 11) is 0.394. The lowest BCUT2D eigenvalue weighted by atomic mass is 10.2. The molecule has 10 heteroatoms. The number of hydrogen-bond donors (Lipinski definition) is 3. The van der Waals surface area contributed by atoms with Crippen LogP contribution in [0.5, 0.6) is 5.75 Å². The minimum absolute atomic E-state index is 0.0723. The van der Waals surface area contributed by atoms with Crippen LogP contribution in [0.2, 0.25) is 0 Å². The number of anilines is 2. The molecule has 0 unspecified atom stereocenters. The Balaban J connectivity index is 2.32. The number of benzene rings is 2. The van der Waals surface area contributed by atoms with Crippen molar-refractivity contribution in [1.29, 1.82) is 0 Å². The maximum atomic E-state index is 12.5. The third-order valence-electron chi connectivity index (χ3n) is 3.57. The second kappa shape index (κ2) is 8.06. The number of rotatable bonds is 6. The molecule has 0 aromatic heterocycles. The van der Waals surface area contributed by atoms with Crippen LogP contribution in [0.1, 0.15) is 10.4 Å². The summed E-state index contributed by atoms with van der Waals surface area (Å²) in [5, 5.41) is 5.00.